The van der Waals surface area contributed by atoms with Gasteiger partial charge >= 0.3 is 0 Å². The fourth-order valence-electron chi connectivity index (χ4n) is 3.15. The molecule has 2 aliphatic heterocycles. The Morgan fingerprint density at radius 1 is 1.10 bits per heavy atom. The van der Waals surface area contributed by atoms with Gasteiger partial charge in [0.25, 0.3) is 5.91 Å². The van der Waals surface area contributed by atoms with Gasteiger partial charge in [0.1, 0.15) is 13.2 Å². The van der Waals surface area contributed by atoms with Crippen molar-refractivity contribution in [2.45, 2.75) is 45.2 Å². The van der Waals surface area contributed by atoms with Crippen molar-refractivity contribution in [3.8, 4) is 11.5 Å². The average Bonchev–Trinajstić information content (AvgIpc) is 2.46. The number of carbonyl (C=O) groups is 1. The summed E-state index contributed by atoms with van der Waals surface area (Å²) in [5.74, 6) is 1.51. The Bertz CT molecular complexity index is 504. The summed E-state index contributed by atoms with van der Waals surface area (Å²) < 4.78 is 11.1. The largest absolute Gasteiger partial charge is 0.486 e. The van der Waals surface area contributed by atoms with Crippen LogP contribution in [0.25, 0.3) is 0 Å². The Hall–Kier alpha value is -1.71. The molecule has 108 valence electrons. The number of likely N-dealkylation sites (tertiary alicyclic amines) is 1. The van der Waals surface area contributed by atoms with E-state index in [9.17, 15) is 4.79 Å². The molecule has 4 heteroatoms. The highest BCUT2D eigenvalue weighted by Gasteiger charge is 2.30. The number of hydrogen-bond donors (Lipinski definition) is 0. The molecule has 1 amide bonds. The van der Waals surface area contributed by atoms with Gasteiger partial charge in [0.15, 0.2) is 11.5 Å². The van der Waals surface area contributed by atoms with Crippen molar-refractivity contribution >= 4 is 5.91 Å². The van der Waals surface area contributed by atoms with Crippen LogP contribution in [0.1, 0.15) is 43.5 Å². The van der Waals surface area contributed by atoms with Crippen LogP contribution in [-0.2, 0) is 0 Å². The molecule has 0 aromatic heterocycles. The van der Waals surface area contributed by atoms with Crippen molar-refractivity contribution in [3.63, 3.8) is 0 Å². The molecular formula is C16H21NO3. The smallest absolute Gasteiger partial charge is 0.254 e. The Morgan fingerprint density at radius 3 is 2.45 bits per heavy atom. The van der Waals surface area contributed by atoms with Crippen molar-refractivity contribution in [1.29, 1.82) is 0 Å². The van der Waals surface area contributed by atoms with E-state index in [1.165, 1.54) is 6.42 Å². The molecule has 2 heterocycles. The minimum absolute atomic E-state index is 0.0988. The van der Waals surface area contributed by atoms with Crippen LogP contribution in [0, 0.1) is 0 Å². The number of ether oxygens (including phenoxy) is 2. The highest BCUT2D eigenvalue weighted by atomic mass is 16.6. The maximum atomic E-state index is 12.7. The zero-order chi connectivity index (χ0) is 14.1. The van der Waals surface area contributed by atoms with Crippen molar-refractivity contribution < 1.29 is 14.3 Å². The molecule has 0 aliphatic carbocycles. The summed E-state index contributed by atoms with van der Waals surface area (Å²) in [4.78, 5) is 14.7. The first-order chi connectivity index (χ1) is 9.66. The van der Waals surface area contributed by atoms with Crippen LogP contribution in [0.4, 0.5) is 0 Å². The summed E-state index contributed by atoms with van der Waals surface area (Å²) in [6.07, 6.45) is 3.37. The van der Waals surface area contributed by atoms with Crippen LogP contribution in [0.3, 0.4) is 0 Å². The number of nitrogens with zero attached hydrogens (tertiary/aromatic N) is 1. The average molecular weight is 275 g/mol. The second kappa shape index (κ2) is 5.35. The lowest BCUT2D eigenvalue weighted by Crippen LogP contribution is -2.47. The van der Waals surface area contributed by atoms with E-state index >= 15 is 0 Å². The third-order valence-electron chi connectivity index (χ3n) is 4.22. The van der Waals surface area contributed by atoms with E-state index in [-0.39, 0.29) is 5.91 Å². The van der Waals surface area contributed by atoms with Gasteiger partial charge in [-0.2, -0.15) is 0 Å². The minimum atomic E-state index is 0.0988. The van der Waals surface area contributed by atoms with Gasteiger partial charge in [-0.25, -0.2) is 0 Å². The summed E-state index contributed by atoms with van der Waals surface area (Å²) >= 11 is 0. The highest BCUT2D eigenvalue weighted by molar-refractivity contribution is 5.95. The number of rotatable bonds is 1. The molecule has 4 nitrogen and oxygen atoms in total. The Labute approximate surface area is 119 Å². The number of carbonyl (C=O) groups excluding carboxylic acids is 1. The standard InChI is InChI=1S/C16H21NO3/c1-11-4-3-5-12(2)17(11)16(18)13-6-7-14-15(10-13)20-9-8-19-14/h6-7,10-12H,3-5,8-9H2,1-2H3. The van der Waals surface area contributed by atoms with E-state index in [0.29, 0.717) is 36.6 Å². The van der Waals surface area contributed by atoms with Gasteiger partial charge in [-0.15, -0.1) is 0 Å². The SMILES string of the molecule is CC1CCCC(C)N1C(=O)c1ccc2c(c1)OCCO2. The molecule has 2 aliphatic rings. The van der Waals surface area contributed by atoms with Gasteiger partial charge in [0.2, 0.25) is 0 Å². The Morgan fingerprint density at radius 2 is 1.75 bits per heavy atom. The molecule has 1 saturated heterocycles. The van der Waals surface area contributed by atoms with E-state index in [4.69, 9.17) is 9.47 Å². The first-order valence-electron chi connectivity index (χ1n) is 7.39. The first-order valence-corrected chi connectivity index (χ1v) is 7.39. The van der Waals surface area contributed by atoms with Gasteiger partial charge in [0.05, 0.1) is 0 Å². The normalized spacial score (nSPS) is 25.4. The molecule has 0 N–H and O–H groups in total. The number of hydrogen-bond acceptors (Lipinski definition) is 3. The second-order valence-corrected chi connectivity index (χ2v) is 5.70. The molecule has 1 fully saturated rings. The Balaban J connectivity index is 1.86. The maximum absolute atomic E-state index is 12.7. The monoisotopic (exact) mass is 275 g/mol. The van der Waals surface area contributed by atoms with Crippen molar-refractivity contribution in [2.24, 2.45) is 0 Å². The Kier molecular flexibility index (Phi) is 3.55. The van der Waals surface area contributed by atoms with Gasteiger partial charge in [0, 0.05) is 17.6 Å². The minimum Gasteiger partial charge on any atom is -0.486 e. The molecule has 20 heavy (non-hydrogen) atoms. The number of piperidine rings is 1. The molecule has 0 bridgehead atoms. The van der Waals surface area contributed by atoms with E-state index in [0.717, 1.165) is 18.6 Å². The number of benzene rings is 1. The second-order valence-electron chi connectivity index (χ2n) is 5.70. The molecular weight excluding hydrogens is 254 g/mol. The summed E-state index contributed by atoms with van der Waals surface area (Å²) in [6, 6.07) is 6.09. The topological polar surface area (TPSA) is 38.8 Å². The fraction of sp³-hybridized carbons (Fsp3) is 0.562. The van der Waals surface area contributed by atoms with Crippen LogP contribution in [0.15, 0.2) is 18.2 Å². The number of fused-ring (bicyclic) bond motifs is 1. The van der Waals surface area contributed by atoms with Crippen LogP contribution >= 0.6 is 0 Å². The first kappa shape index (κ1) is 13.3. The summed E-state index contributed by atoms with van der Waals surface area (Å²) in [5, 5.41) is 0. The van der Waals surface area contributed by atoms with Gasteiger partial charge in [-0.3, -0.25) is 4.79 Å². The molecule has 1 aromatic rings. The molecule has 0 saturated carbocycles. The van der Waals surface area contributed by atoms with Crippen molar-refractivity contribution in [1.82, 2.24) is 4.90 Å². The fourth-order valence-corrected chi connectivity index (χ4v) is 3.15. The van der Waals surface area contributed by atoms with Crippen molar-refractivity contribution in [2.75, 3.05) is 13.2 Å². The van der Waals surface area contributed by atoms with Crippen LogP contribution < -0.4 is 9.47 Å². The lowest BCUT2D eigenvalue weighted by atomic mass is 9.96. The van der Waals surface area contributed by atoms with E-state index in [2.05, 4.69) is 13.8 Å². The molecule has 2 unspecified atom stereocenters. The zero-order valence-electron chi connectivity index (χ0n) is 12.1. The maximum Gasteiger partial charge on any atom is 0.254 e. The third-order valence-corrected chi connectivity index (χ3v) is 4.22. The number of amides is 1. The van der Waals surface area contributed by atoms with Gasteiger partial charge in [-0.1, -0.05) is 0 Å². The van der Waals surface area contributed by atoms with Gasteiger partial charge < -0.3 is 14.4 Å². The van der Waals surface area contributed by atoms with E-state index < -0.39 is 0 Å². The van der Waals surface area contributed by atoms with Crippen LogP contribution in [0.5, 0.6) is 11.5 Å². The van der Waals surface area contributed by atoms with Crippen molar-refractivity contribution in [3.05, 3.63) is 23.8 Å². The lowest BCUT2D eigenvalue weighted by Gasteiger charge is -2.39. The summed E-state index contributed by atoms with van der Waals surface area (Å²) in [5.41, 5.74) is 0.690. The highest BCUT2D eigenvalue weighted by Crippen LogP contribution is 2.32. The van der Waals surface area contributed by atoms with Gasteiger partial charge in [-0.05, 0) is 51.3 Å². The summed E-state index contributed by atoms with van der Waals surface area (Å²) in [7, 11) is 0. The molecule has 3 rings (SSSR count). The molecule has 0 radical (unpaired) electrons. The molecule has 2 atom stereocenters. The van der Waals surface area contributed by atoms with E-state index in [1.54, 1.807) is 0 Å². The third kappa shape index (κ3) is 2.35. The predicted octanol–water partition coefficient (Wildman–Crippen LogP) is 2.86. The van der Waals surface area contributed by atoms with Crippen LogP contribution in [-0.4, -0.2) is 36.1 Å². The zero-order valence-corrected chi connectivity index (χ0v) is 12.1. The van der Waals surface area contributed by atoms with E-state index in [1.807, 2.05) is 23.1 Å². The quantitative estimate of drug-likeness (QED) is 0.791. The van der Waals surface area contributed by atoms with Crippen LogP contribution in [0.2, 0.25) is 0 Å². The summed E-state index contributed by atoms with van der Waals surface area (Å²) in [6.45, 7) is 5.37. The lowest BCUT2D eigenvalue weighted by molar-refractivity contribution is 0.0510. The molecule has 1 aromatic carbocycles. The predicted molar refractivity (Wildman–Crippen MR) is 76.4 cm³/mol. The molecule has 0 spiro atoms.